The Balaban J connectivity index is 2.35. The van der Waals surface area contributed by atoms with Crippen molar-refractivity contribution in [2.45, 2.75) is 6.92 Å². The molecule has 0 aliphatic rings. The van der Waals surface area contributed by atoms with Gasteiger partial charge in [-0.25, -0.2) is 9.18 Å². The summed E-state index contributed by atoms with van der Waals surface area (Å²) in [5.74, 6) is -0.864. The Bertz CT molecular complexity index is 583. The number of hydrogen-bond acceptors (Lipinski definition) is 3. The molecule has 1 aromatic heterocycles. The van der Waals surface area contributed by atoms with E-state index in [9.17, 15) is 9.18 Å². The summed E-state index contributed by atoms with van der Waals surface area (Å²) >= 11 is 3.15. The van der Waals surface area contributed by atoms with Crippen molar-refractivity contribution in [1.82, 2.24) is 10.2 Å². The molecule has 0 radical (unpaired) electrons. The molecule has 2 rings (SSSR count). The standard InChI is InChI=1S/C12H10BrFN2O2/c1-2-18-12(17)10-6-9(15-16-10)7-4-3-5-8(14)11(7)13/h3-6H,2H2,1H3,(H,15,16). The molecule has 2 aromatic rings. The summed E-state index contributed by atoms with van der Waals surface area (Å²) in [4.78, 5) is 11.5. The molecule has 6 heteroatoms. The molecule has 1 N–H and O–H groups in total. The van der Waals surface area contributed by atoms with Crippen LogP contribution in [0.15, 0.2) is 28.7 Å². The molecule has 0 saturated heterocycles. The fourth-order valence-electron chi connectivity index (χ4n) is 1.47. The van der Waals surface area contributed by atoms with E-state index in [1.54, 1.807) is 19.1 Å². The monoisotopic (exact) mass is 312 g/mol. The zero-order chi connectivity index (χ0) is 13.1. The maximum absolute atomic E-state index is 13.4. The van der Waals surface area contributed by atoms with Crippen LogP contribution in [0.25, 0.3) is 11.3 Å². The predicted molar refractivity (Wildman–Crippen MR) is 67.6 cm³/mol. The van der Waals surface area contributed by atoms with Crippen molar-refractivity contribution in [2.75, 3.05) is 6.61 Å². The Morgan fingerprint density at radius 1 is 1.56 bits per heavy atom. The largest absolute Gasteiger partial charge is 0.461 e. The molecule has 0 amide bonds. The number of carbonyl (C=O) groups is 1. The fraction of sp³-hybridized carbons (Fsp3) is 0.167. The number of esters is 1. The number of aromatic nitrogens is 2. The molecule has 1 aromatic carbocycles. The summed E-state index contributed by atoms with van der Waals surface area (Å²) < 4.78 is 18.5. The van der Waals surface area contributed by atoms with Crippen molar-refractivity contribution in [3.05, 3.63) is 40.2 Å². The Morgan fingerprint density at radius 3 is 3.06 bits per heavy atom. The number of halogens is 2. The third-order valence-corrected chi connectivity index (χ3v) is 3.11. The van der Waals surface area contributed by atoms with Crippen LogP contribution in [0, 0.1) is 5.82 Å². The molecule has 0 saturated carbocycles. The number of nitrogens with one attached hydrogen (secondary N) is 1. The number of nitrogens with zero attached hydrogens (tertiary/aromatic N) is 1. The molecule has 4 nitrogen and oxygen atoms in total. The minimum Gasteiger partial charge on any atom is -0.461 e. The van der Waals surface area contributed by atoms with Crippen molar-refractivity contribution in [2.24, 2.45) is 0 Å². The van der Waals surface area contributed by atoms with Gasteiger partial charge in [0, 0.05) is 5.56 Å². The molecule has 0 fully saturated rings. The number of ether oxygens (including phenoxy) is 1. The van der Waals surface area contributed by atoms with Crippen molar-refractivity contribution in [3.8, 4) is 11.3 Å². The molecule has 0 bridgehead atoms. The number of rotatable bonds is 3. The zero-order valence-corrected chi connectivity index (χ0v) is 11.1. The lowest BCUT2D eigenvalue weighted by Gasteiger charge is -2.00. The van der Waals surface area contributed by atoms with Gasteiger partial charge in [-0.05, 0) is 35.0 Å². The second-order valence-electron chi connectivity index (χ2n) is 3.49. The maximum atomic E-state index is 13.4. The highest BCUT2D eigenvalue weighted by molar-refractivity contribution is 9.10. The third-order valence-electron chi connectivity index (χ3n) is 2.30. The van der Waals surface area contributed by atoms with Crippen LogP contribution in [0.4, 0.5) is 4.39 Å². The number of benzene rings is 1. The van der Waals surface area contributed by atoms with Gasteiger partial charge >= 0.3 is 5.97 Å². The molecule has 94 valence electrons. The Hall–Kier alpha value is -1.69. The first-order valence-electron chi connectivity index (χ1n) is 5.30. The van der Waals surface area contributed by atoms with Gasteiger partial charge < -0.3 is 4.74 Å². The summed E-state index contributed by atoms with van der Waals surface area (Å²) in [6.45, 7) is 2.01. The van der Waals surface area contributed by atoms with Crippen LogP contribution in [0.5, 0.6) is 0 Å². The van der Waals surface area contributed by atoms with E-state index in [-0.39, 0.29) is 18.1 Å². The van der Waals surface area contributed by atoms with E-state index in [1.807, 2.05) is 0 Å². The summed E-state index contributed by atoms with van der Waals surface area (Å²) in [6, 6.07) is 6.15. The van der Waals surface area contributed by atoms with E-state index < -0.39 is 5.97 Å². The average Bonchev–Trinajstić information content (AvgIpc) is 2.82. The van der Waals surface area contributed by atoms with Gasteiger partial charge in [-0.15, -0.1) is 0 Å². The van der Waals surface area contributed by atoms with Crippen LogP contribution >= 0.6 is 15.9 Å². The third kappa shape index (κ3) is 2.43. The highest BCUT2D eigenvalue weighted by Crippen LogP contribution is 2.29. The first kappa shape index (κ1) is 12.8. The summed E-state index contributed by atoms with van der Waals surface area (Å²) in [7, 11) is 0. The van der Waals surface area contributed by atoms with Crippen LogP contribution in [-0.4, -0.2) is 22.8 Å². The van der Waals surface area contributed by atoms with Gasteiger partial charge in [-0.2, -0.15) is 5.10 Å². The van der Waals surface area contributed by atoms with Crippen LogP contribution in [0.2, 0.25) is 0 Å². The first-order valence-corrected chi connectivity index (χ1v) is 6.09. The lowest BCUT2D eigenvalue weighted by molar-refractivity contribution is 0.0519. The van der Waals surface area contributed by atoms with Gasteiger partial charge in [0.05, 0.1) is 16.8 Å². The van der Waals surface area contributed by atoms with Crippen molar-refractivity contribution in [1.29, 1.82) is 0 Å². The van der Waals surface area contributed by atoms with Crippen molar-refractivity contribution < 1.29 is 13.9 Å². The topological polar surface area (TPSA) is 55.0 Å². The maximum Gasteiger partial charge on any atom is 0.356 e. The molecular weight excluding hydrogens is 303 g/mol. The number of hydrogen-bond donors (Lipinski definition) is 1. The van der Waals surface area contributed by atoms with Gasteiger partial charge in [0.15, 0.2) is 0 Å². The normalized spacial score (nSPS) is 10.4. The van der Waals surface area contributed by atoms with Gasteiger partial charge in [-0.3, -0.25) is 5.10 Å². The molecule has 0 aliphatic heterocycles. The molecular formula is C12H10BrFN2O2. The molecule has 0 spiro atoms. The first-order chi connectivity index (χ1) is 8.63. The molecule has 0 aliphatic carbocycles. The van der Waals surface area contributed by atoms with Gasteiger partial charge in [0.2, 0.25) is 0 Å². The van der Waals surface area contributed by atoms with E-state index in [0.29, 0.717) is 15.7 Å². The SMILES string of the molecule is CCOC(=O)c1cc(-c2cccc(F)c2Br)n[nH]1. The van der Waals surface area contributed by atoms with E-state index in [1.165, 1.54) is 12.1 Å². The van der Waals surface area contributed by atoms with E-state index in [0.717, 1.165) is 0 Å². The summed E-state index contributed by atoms with van der Waals surface area (Å²) in [6.07, 6.45) is 0. The smallest absolute Gasteiger partial charge is 0.356 e. The van der Waals surface area contributed by atoms with Crippen LogP contribution in [0.1, 0.15) is 17.4 Å². The zero-order valence-electron chi connectivity index (χ0n) is 9.54. The minimum atomic E-state index is -0.483. The number of H-pyrrole nitrogens is 1. The van der Waals surface area contributed by atoms with E-state index >= 15 is 0 Å². The van der Waals surface area contributed by atoms with Crippen LogP contribution in [-0.2, 0) is 4.74 Å². The number of carbonyl (C=O) groups excluding carboxylic acids is 1. The van der Waals surface area contributed by atoms with Crippen molar-refractivity contribution in [3.63, 3.8) is 0 Å². The molecule has 18 heavy (non-hydrogen) atoms. The van der Waals surface area contributed by atoms with Gasteiger partial charge in [0.1, 0.15) is 11.5 Å². The average molecular weight is 313 g/mol. The van der Waals surface area contributed by atoms with Crippen molar-refractivity contribution >= 4 is 21.9 Å². The molecule has 1 heterocycles. The summed E-state index contributed by atoms with van der Waals surface area (Å²) in [5, 5.41) is 6.54. The van der Waals surface area contributed by atoms with E-state index in [2.05, 4.69) is 26.1 Å². The second kappa shape index (κ2) is 5.30. The Labute approximate surface area is 111 Å². The number of aromatic amines is 1. The summed E-state index contributed by atoms with van der Waals surface area (Å²) in [5.41, 5.74) is 1.29. The highest BCUT2D eigenvalue weighted by Gasteiger charge is 2.14. The molecule has 0 atom stereocenters. The highest BCUT2D eigenvalue weighted by atomic mass is 79.9. The van der Waals surface area contributed by atoms with Gasteiger partial charge in [0.25, 0.3) is 0 Å². The quantitative estimate of drug-likeness (QED) is 0.886. The van der Waals surface area contributed by atoms with Gasteiger partial charge in [-0.1, -0.05) is 12.1 Å². The Kier molecular flexibility index (Phi) is 3.76. The fourth-order valence-corrected chi connectivity index (χ4v) is 1.94. The van der Waals surface area contributed by atoms with E-state index in [4.69, 9.17) is 4.74 Å². The predicted octanol–water partition coefficient (Wildman–Crippen LogP) is 3.16. The Morgan fingerprint density at radius 2 is 2.33 bits per heavy atom. The van der Waals surface area contributed by atoms with Crippen LogP contribution < -0.4 is 0 Å². The second-order valence-corrected chi connectivity index (χ2v) is 4.28. The lowest BCUT2D eigenvalue weighted by Crippen LogP contribution is -2.04. The van der Waals surface area contributed by atoms with Crippen LogP contribution in [0.3, 0.4) is 0 Å². The molecule has 0 unspecified atom stereocenters. The minimum absolute atomic E-state index is 0.239. The lowest BCUT2D eigenvalue weighted by atomic mass is 10.1.